The molecule has 0 bridgehead atoms. The number of nitrogens with one attached hydrogen (secondary N) is 1. The van der Waals surface area contributed by atoms with Gasteiger partial charge < -0.3 is 14.5 Å². The maximum atomic E-state index is 11.5. The van der Waals surface area contributed by atoms with Crippen LogP contribution < -0.4 is 5.32 Å². The Morgan fingerprint density at radius 3 is 3.00 bits per heavy atom. The van der Waals surface area contributed by atoms with E-state index in [1.165, 1.54) is 6.26 Å². The Bertz CT molecular complexity index is 311. The van der Waals surface area contributed by atoms with Crippen LogP contribution in [0.5, 0.6) is 0 Å². The summed E-state index contributed by atoms with van der Waals surface area (Å²) in [6.45, 7) is 1.33. The summed E-state index contributed by atoms with van der Waals surface area (Å²) in [5.74, 6) is -0.203. The van der Waals surface area contributed by atoms with Crippen LogP contribution in [-0.2, 0) is 4.74 Å². The summed E-state index contributed by atoms with van der Waals surface area (Å²) in [6, 6.07) is 1.55. The van der Waals surface area contributed by atoms with Crippen molar-refractivity contribution in [3.05, 3.63) is 23.1 Å². The van der Waals surface area contributed by atoms with E-state index in [0.717, 1.165) is 12.8 Å². The van der Waals surface area contributed by atoms with Gasteiger partial charge in [0.05, 0.1) is 11.8 Å². The molecule has 0 aliphatic heterocycles. The zero-order valence-electron chi connectivity index (χ0n) is 8.59. The van der Waals surface area contributed by atoms with Gasteiger partial charge in [-0.1, -0.05) is 0 Å². The summed E-state index contributed by atoms with van der Waals surface area (Å²) in [7, 11) is 1.66. The number of halogens is 1. The topological polar surface area (TPSA) is 51.5 Å². The first-order chi connectivity index (χ1) is 7.25. The summed E-state index contributed by atoms with van der Waals surface area (Å²) in [6.07, 6.45) is 3.20. The van der Waals surface area contributed by atoms with Gasteiger partial charge >= 0.3 is 0 Å². The molecule has 1 N–H and O–H groups in total. The van der Waals surface area contributed by atoms with E-state index in [1.807, 2.05) is 0 Å². The number of unbranched alkanes of at least 4 members (excludes halogenated alkanes) is 1. The second-order valence-corrected chi connectivity index (χ2v) is 3.41. The molecule has 0 radical (unpaired) electrons. The highest BCUT2D eigenvalue weighted by molar-refractivity contribution is 6.32. The van der Waals surface area contributed by atoms with E-state index < -0.39 is 0 Å². The van der Waals surface area contributed by atoms with E-state index in [-0.39, 0.29) is 11.1 Å². The Kier molecular flexibility index (Phi) is 5.21. The molecule has 1 rings (SSSR count). The molecule has 0 aliphatic carbocycles. The number of hydrogen-bond acceptors (Lipinski definition) is 3. The van der Waals surface area contributed by atoms with E-state index in [4.69, 9.17) is 20.8 Å². The maximum Gasteiger partial charge on any atom is 0.256 e. The highest BCUT2D eigenvalue weighted by atomic mass is 35.5. The molecule has 1 aromatic heterocycles. The van der Waals surface area contributed by atoms with Crippen LogP contribution in [-0.4, -0.2) is 26.2 Å². The fourth-order valence-electron chi connectivity index (χ4n) is 1.12. The smallest absolute Gasteiger partial charge is 0.256 e. The van der Waals surface area contributed by atoms with Gasteiger partial charge in [-0.25, -0.2) is 0 Å². The van der Waals surface area contributed by atoms with Crippen molar-refractivity contribution in [1.29, 1.82) is 0 Å². The highest BCUT2D eigenvalue weighted by Gasteiger charge is 2.11. The molecule has 0 spiro atoms. The third-order valence-electron chi connectivity index (χ3n) is 1.92. The molecule has 1 aromatic rings. The van der Waals surface area contributed by atoms with Crippen LogP contribution in [0.4, 0.5) is 0 Å². The zero-order chi connectivity index (χ0) is 11.1. The Balaban J connectivity index is 2.22. The van der Waals surface area contributed by atoms with Gasteiger partial charge in [-0.2, -0.15) is 0 Å². The van der Waals surface area contributed by atoms with Crippen LogP contribution in [0, 0.1) is 0 Å². The largest absolute Gasteiger partial charge is 0.452 e. The number of carbonyl (C=O) groups excluding carboxylic acids is 1. The van der Waals surface area contributed by atoms with Gasteiger partial charge in [-0.05, 0) is 30.5 Å². The minimum atomic E-state index is -0.203. The van der Waals surface area contributed by atoms with Gasteiger partial charge in [0.25, 0.3) is 5.91 Å². The van der Waals surface area contributed by atoms with Crippen molar-refractivity contribution in [3.63, 3.8) is 0 Å². The number of carbonyl (C=O) groups is 1. The molecule has 0 unspecified atom stereocenters. The molecule has 0 fully saturated rings. The lowest BCUT2D eigenvalue weighted by atomic mass is 10.3. The Morgan fingerprint density at radius 2 is 2.40 bits per heavy atom. The summed E-state index contributed by atoms with van der Waals surface area (Å²) in [4.78, 5) is 11.5. The summed E-state index contributed by atoms with van der Waals surface area (Å²) >= 11 is 5.65. The lowest BCUT2D eigenvalue weighted by Gasteiger charge is -2.03. The molecule has 0 atom stereocenters. The van der Waals surface area contributed by atoms with Crippen molar-refractivity contribution in [2.24, 2.45) is 0 Å². The molecule has 5 heteroatoms. The predicted molar refractivity (Wildman–Crippen MR) is 57.2 cm³/mol. The Labute approximate surface area is 93.5 Å². The van der Waals surface area contributed by atoms with Crippen molar-refractivity contribution in [1.82, 2.24) is 5.32 Å². The highest BCUT2D eigenvalue weighted by Crippen LogP contribution is 2.15. The fraction of sp³-hybridized carbons (Fsp3) is 0.500. The number of furan rings is 1. The fourth-order valence-corrected chi connectivity index (χ4v) is 1.32. The number of methoxy groups -OCH3 is 1. The van der Waals surface area contributed by atoms with Crippen LogP contribution in [0.1, 0.15) is 23.2 Å². The molecular formula is C10H14ClNO3. The minimum absolute atomic E-state index is 0.129. The monoisotopic (exact) mass is 231 g/mol. The molecule has 0 saturated carbocycles. The second kappa shape index (κ2) is 6.48. The third kappa shape index (κ3) is 3.93. The first-order valence-electron chi connectivity index (χ1n) is 4.76. The zero-order valence-corrected chi connectivity index (χ0v) is 9.34. The summed E-state index contributed by atoms with van der Waals surface area (Å²) < 4.78 is 9.71. The number of amides is 1. The first-order valence-corrected chi connectivity index (χ1v) is 5.13. The van der Waals surface area contributed by atoms with E-state index in [1.54, 1.807) is 13.2 Å². The van der Waals surface area contributed by atoms with Crippen molar-refractivity contribution in [3.8, 4) is 0 Å². The van der Waals surface area contributed by atoms with Gasteiger partial charge in [-0.15, -0.1) is 0 Å². The van der Waals surface area contributed by atoms with Gasteiger partial charge in [0.15, 0.2) is 0 Å². The molecule has 0 saturated heterocycles. The Morgan fingerprint density at radius 1 is 1.60 bits per heavy atom. The van der Waals surface area contributed by atoms with E-state index in [0.29, 0.717) is 18.7 Å². The quantitative estimate of drug-likeness (QED) is 0.763. The number of ether oxygens (including phenoxy) is 1. The van der Waals surface area contributed by atoms with Crippen LogP contribution in [0.15, 0.2) is 16.7 Å². The van der Waals surface area contributed by atoms with Crippen molar-refractivity contribution in [2.75, 3.05) is 20.3 Å². The molecule has 0 aromatic carbocycles. The van der Waals surface area contributed by atoms with Crippen LogP contribution >= 0.6 is 11.6 Å². The van der Waals surface area contributed by atoms with Gasteiger partial charge in [-0.3, -0.25) is 4.79 Å². The lowest BCUT2D eigenvalue weighted by molar-refractivity contribution is 0.0951. The van der Waals surface area contributed by atoms with E-state index in [2.05, 4.69) is 5.32 Å². The average Bonchev–Trinajstić information content (AvgIpc) is 2.64. The maximum absolute atomic E-state index is 11.5. The van der Waals surface area contributed by atoms with E-state index >= 15 is 0 Å². The van der Waals surface area contributed by atoms with Gasteiger partial charge in [0, 0.05) is 20.3 Å². The second-order valence-electron chi connectivity index (χ2n) is 3.06. The standard InChI is InChI=1S/C10H14ClNO3/c1-14-6-3-2-5-12-10(13)8-4-7-15-9(8)11/h4,7H,2-3,5-6H2,1H3,(H,12,13). The van der Waals surface area contributed by atoms with E-state index in [9.17, 15) is 4.79 Å². The van der Waals surface area contributed by atoms with Gasteiger partial charge in [0.2, 0.25) is 5.22 Å². The average molecular weight is 232 g/mol. The molecule has 0 aliphatic rings. The summed E-state index contributed by atoms with van der Waals surface area (Å²) in [5, 5.41) is 2.87. The first kappa shape index (κ1) is 12.1. The minimum Gasteiger partial charge on any atom is -0.452 e. The number of hydrogen-bond donors (Lipinski definition) is 1. The summed E-state index contributed by atoms with van der Waals surface area (Å²) in [5.41, 5.74) is 0.378. The van der Waals surface area contributed by atoms with Crippen molar-refractivity contribution in [2.45, 2.75) is 12.8 Å². The third-order valence-corrected chi connectivity index (χ3v) is 2.22. The molecular weight excluding hydrogens is 218 g/mol. The molecule has 84 valence electrons. The molecule has 1 amide bonds. The van der Waals surface area contributed by atoms with Crippen molar-refractivity contribution >= 4 is 17.5 Å². The number of rotatable bonds is 6. The lowest BCUT2D eigenvalue weighted by Crippen LogP contribution is -2.24. The van der Waals surface area contributed by atoms with Gasteiger partial charge in [0.1, 0.15) is 0 Å². The van der Waals surface area contributed by atoms with Crippen molar-refractivity contribution < 1.29 is 13.9 Å². The normalized spacial score (nSPS) is 10.3. The Hall–Kier alpha value is -1.00. The molecule has 4 nitrogen and oxygen atoms in total. The predicted octanol–water partition coefficient (Wildman–Crippen LogP) is 2.09. The molecule has 1 heterocycles. The molecule has 15 heavy (non-hydrogen) atoms. The van der Waals surface area contributed by atoms with Crippen LogP contribution in [0.3, 0.4) is 0 Å². The van der Waals surface area contributed by atoms with Crippen LogP contribution in [0.2, 0.25) is 5.22 Å². The SMILES string of the molecule is COCCCCNC(=O)c1ccoc1Cl. The van der Waals surface area contributed by atoms with Crippen LogP contribution in [0.25, 0.3) is 0 Å².